The molecule has 4 heteroatoms. The third-order valence-corrected chi connectivity index (χ3v) is 6.63. The minimum atomic E-state index is -3.04. The maximum absolute atomic E-state index is 12.3. The normalized spacial score (nSPS) is 14.1. The number of rotatable bonds is 7. The van der Waals surface area contributed by atoms with Crippen LogP contribution in [0.4, 0.5) is 0 Å². The highest BCUT2D eigenvalue weighted by Crippen LogP contribution is 2.21. The molecule has 1 atom stereocenters. The Morgan fingerprint density at radius 3 is 2.33 bits per heavy atom. The molecule has 3 nitrogen and oxygen atoms in total. The second-order valence-electron chi connectivity index (χ2n) is 6.77. The van der Waals surface area contributed by atoms with Crippen LogP contribution in [0.25, 0.3) is 0 Å². The zero-order valence-corrected chi connectivity index (χ0v) is 14.8. The predicted molar refractivity (Wildman–Crippen MR) is 90.5 cm³/mol. The molecule has 0 saturated heterocycles. The van der Waals surface area contributed by atoms with Crippen LogP contribution < -0.4 is 5.32 Å². The van der Waals surface area contributed by atoms with Crippen LogP contribution in [0.1, 0.15) is 38.3 Å². The van der Waals surface area contributed by atoms with Crippen molar-refractivity contribution in [3.05, 3.63) is 35.4 Å². The molecule has 1 N–H and O–H groups in total. The van der Waals surface area contributed by atoms with Gasteiger partial charge in [0.1, 0.15) is 0 Å². The molecular weight excluding hydrogens is 282 g/mol. The number of nitrogens with one attached hydrogen (secondary N) is 1. The van der Waals surface area contributed by atoms with E-state index in [1.54, 1.807) is 20.8 Å². The van der Waals surface area contributed by atoms with Crippen molar-refractivity contribution < 1.29 is 8.42 Å². The molecule has 0 amide bonds. The highest BCUT2D eigenvalue weighted by molar-refractivity contribution is 7.92. The van der Waals surface area contributed by atoms with Crippen molar-refractivity contribution >= 4 is 9.84 Å². The van der Waals surface area contributed by atoms with Gasteiger partial charge in [0.05, 0.1) is 10.5 Å². The first-order chi connectivity index (χ1) is 9.67. The molecule has 0 aliphatic carbocycles. The van der Waals surface area contributed by atoms with Gasteiger partial charge in [0.2, 0.25) is 0 Å². The van der Waals surface area contributed by atoms with Gasteiger partial charge in [-0.3, -0.25) is 0 Å². The zero-order chi connectivity index (χ0) is 16.1. The van der Waals surface area contributed by atoms with Gasteiger partial charge in [-0.25, -0.2) is 8.42 Å². The second kappa shape index (κ2) is 7.41. The van der Waals surface area contributed by atoms with Gasteiger partial charge < -0.3 is 5.32 Å². The quantitative estimate of drug-likeness (QED) is 0.842. The zero-order valence-electron chi connectivity index (χ0n) is 13.9. The van der Waals surface area contributed by atoms with Crippen molar-refractivity contribution in [3.8, 4) is 0 Å². The summed E-state index contributed by atoms with van der Waals surface area (Å²) in [7, 11) is -1.12. The van der Waals surface area contributed by atoms with Crippen LogP contribution >= 0.6 is 0 Å². The molecule has 1 rings (SSSR count). The first-order valence-electron chi connectivity index (χ1n) is 7.59. The largest absolute Gasteiger partial charge is 0.319 e. The van der Waals surface area contributed by atoms with Crippen molar-refractivity contribution in [2.24, 2.45) is 5.92 Å². The van der Waals surface area contributed by atoms with Gasteiger partial charge in [0.15, 0.2) is 9.84 Å². The monoisotopic (exact) mass is 311 g/mol. The molecule has 0 spiro atoms. The number of hydrogen-bond acceptors (Lipinski definition) is 3. The third kappa shape index (κ3) is 5.44. The molecule has 1 unspecified atom stereocenters. The van der Waals surface area contributed by atoms with E-state index in [4.69, 9.17) is 0 Å². The Morgan fingerprint density at radius 2 is 1.81 bits per heavy atom. The predicted octanol–water partition coefficient (Wildman–Crippen LogP) is 2.98. The molecular formula is C17H29NO2S. The highest BCUT2D eigenvalue weighted by atomic mass is 32.2. The summed E-state index contributed by atoms with van der Waals surface area (Å²) in [6, 6.07) is 8.33. The number of aryl methyl sites for hydroxylation is 1. The molecule has 0 aromatic heterocycles. The molecule has 0 aliphatic heterocycles. The highest BCUT2D eigenvalue weighted by Gasteiger charge is 2.29. The first-order valence-corrected chi connectivity index (χ1v) is 9.24. The van der Waals surface area contributed by atoms with Crippen molar-refractivity contribution in [2.45, 2.75) is 45.3 Å². The van der Waals surface area contributed by atoms with Gasteiger partial charge in [0.25, 0.3) is 0 Å². The van der Waals surface area contributed by atoms with Crippen LogP contribution in [0.2, 0.25) is 0 Å². The molecule has 0 aliphatic rings. The molecule has 0 heterocycles. The molecule has 0 radical (unpaired) electrons. The summed E-state index contributed by atoms with van der Waals surface area (Å²) in [5.74, 6) is 0.600. The minimum Gasteiger partial charge on any atom is -0.319 e. The Bertz CT molecular complexity index is 544. The van der Waals surface area contributed by atoms with E-state index < -0.39 is 14.6 Å². The van der Waals surface area contributed by atoms with E-state index in [1.807, 2.05) is 19.2 Å². The topological polar surface area (TPSA) is 46.2 Å². The van der Waals surface area contributed by atoms with E-state index >= 15 is 0 Å². The Balaban J connectivity index is 2.74. The van der Waals surface area contributed by atoms with Crippen molar-refractivity contribution in [1.82, 2.24) is 5.32 Å². The van der Waals surface area contributed by atoms with Crippen LogP contribution in [0.3, 0.4) is 0 Å². The van der Waals surface area contributed by atoms with Gasteiger partial charge >= 0.3 is 0 Å². The summed E-state index contributed by atoms with van der Waals surface area (Å²) in [6.45, 7) is 8.27. The average molecular weight is 311 g/mol. The number of benzene rings is 1. The van der Waals surface area contributed by atoms with Gasteiger partial charge in [-0.1, -0.05) is 24.3 Å². The van der Waals surface area contributed by atoms with Crippen LogP contribution in [0.5, 0.6) is 0 Å². The number of hydrogen-bond donors (Lipinski definition) is 1. The molecule has 120 valence electrons. The van der Waals surface area contributed by atoms with Crippen LogP contribution in [0.15, 0.2) is 24.3 Å². The summed E-state index contributed by atoms with van der Waals surface area (Å²) in [5.41, 5.74) is 2.59. The molecule has 1 aromatic carbocycles. The number of sulfone groups is 1. The maximum Gasteiger partial charge on any atom is 0.155 e. The van der Waals surface area contributed by atoms with Crippen molar-refractivity contribution in [3.63, 3.8) is 0 Å². The fourth-order valence-electron chi connectivity index (χ4n) is 2.34. The molecule has 0 bridgehead atoms. The Hall–Kier alpha value is -0.870. The first kappa shape index (κ1) is 18.2. The second-order valence-corrected chi connectivity index (χ2v) is 9.64. The summed E-state index contributed by atoms with van der Waals surface area (Å²) in [4.78, 5) is 0. The lowest BCUT2D eigenvalue weighted by molar-refractivity contribution is 0.473. The van der Waals surface area contributed by atoms with Crippen LogP contribution in [-0.4, -0.2) is 32.5 Å². The fourth-order valence-corrected chi connectivity index (χ4v) is 3.60. The SMILES string of the molecule is CNCC(CCS(=O)(=O)C(C)(C)C)Cc1ccccc1C. The van der Waals surface area contributed by atoms with Crippen molar-refractivity contribution in [1.29, 1.82) is 0 Å². The average Bonchev–Trinajstić information content (AvgIpc) is 2.37. The summed E-state index contributed by atoms with van der Waals surface area (Å²) in [5, 5.41) is 3.19. The van der Waals surface area contributed by atoms with E-state index in [2.05, 4.69) is 24.4 Å². The van der Waals surface area contributed by atoms with E-state index in [0.29, 0.717) is 12.3 Å². The third-order valence-electron chi connectivity index (χ3n) is 3.99. The summed E-state index contributed by atoms with van der Waals surface area (Å²) >= 11 is 0. The van der Waals surface area contributed by atoms with Crippen LogP contribution in [0, 0.1) is 12.8 Å². The summed E-state index contributed by atoms with van der Waals surface area (Å²) in [6.07, 6.45) is 1.63. The van der Waals surface area contributed by atoms with Gasteiger partial charge in [-0.15, -0.1) is 0 Å². The lowest BCUT2D eigenvalue weighted by Crippen LogP contribution is -2.32. The van der Waals surface area contributed by atoms with E-state index in [-0.39, 0.29) is 5.75 Å². The van der Waals surface area contributed by atoms with Gasteiger partial charge in [-0.2, -0.15) is 0 Å². The molecule has 0 fully saturated rings. The van der Waals surface area contributed by atoms with E-state index in [0.717, 1.165) is 13.0 Å². The summed E-state index contributed by atoms with van der Waals surface area (Å²) < 4.78 is 23.9. The van der Waals surface area contributed by atoms with E-state index in [1.165, 1.54) is 11.1 Å². The smallest absolute Gasteiger partial charge is 0.155 e. The fraction of sp³-hybridized carbons (Fsp3) is 0.647. The van der Waals surface area contributed by atoms with E-state index in [9.17, 15) is 8.42 Å². The van der Waals surface area contributed by atoms with Crippen molar-refractivity contribution in [2.75, 3.05) is 19.3 Å². The lowest BCUT2D eigenvalue weighted by Gasteiger charge is -2.22. The van der Waals surface area contributed by atoms with Gasteiger partial charge in [-0.05, 0) is 71.2 Å². The molecule has 1 aromatic rings. The molecule has 21 heavy (non-hydrogen) atoms. The Labute approximate surface area is 130 Å². The van der Waals surface area contributed by atoms with Crippen LogP contribution in [-0.2, 0) is 16.3 Å². The maximum atomic E-state index is 12.3. The standard InChI is InChI=1S/C17H29NO2S/c1-14-8-6-7-9-16(14)12-15(13-18-5)10-11-21(19,20)17(2,3)4/h6-9,15,18H,10-13H2,1-5H3. The minimum absolute atomic E-state index is 0.259. The Morgan fingerprint density at radius 1 is 1.19 bits per heavy atom. The lowest BCUT2D eigenvalue weighted by atomic mass is 9.94. The van der Waals surface area contributed by atoms with Gasteiger partial charge in [0, 0.05) is 0 Å². The molecule has 0 saturated carbocycles. The Kier molecular flexibility index (Phi) is 6.41.